The van der Waals surface area contributed by atoms with Crippen molar-refractivity contribution < 1.29 is 9.59 Å². The molecule has 5 rings (SSSR count). The molecule has 29 heavy (non-hydrogen) atoms. The lowest BCUT2D eigenvalue weighted by molar-refractivity contribution is -0.131. The third-order valence-corrected chi connectivity index (χ3v) is 6.43. The summed E-state index contributed by atoms with van der Waals surface area (Å²) in [6, 6.07) is 6.49. The van der Waals surface area contributed by atoms with Crippen molar-refractivity contribution in [3.63, 3.8) is 0 Å². The van der Waals surface area contributed by atoms with Crippen molar-refractivity contribution in [2.75, 3.05) is 49.2 Å². The van der Waals surface area contributed by atoms with Crippen LogP contribution < -0.4 is 20.9 Å². The number of carbonyl (C=O) groups excluding carboxylic acids is 2. The van der Waals surface area contributed by atoms with E-state index in [4.69, 9.17) is 0 Å². The quantitative estimate of drug-likeness (QED) is 0.709. The summed E-state index contributed by atoms with van der Waals surface area (Å²) in [7, 11) is 1.69. The Kier molecular flexibility index (Phi) is 4.44. The Labute approximate surface area is 168 Å². The van der Waals surface area contributed by atoms with Gasteiger partial charge in [0.25, 0.3) is 0 Å². The van der Waals surface area contributed by atoms with Gasteiger partial charge in [0, 0.05) is 70.9 Å². The van der Waals surface area contributed by atoms with Gasteiger partial charge in [0.2, 0.25) is 11.8 Å². The fourth-order valence-corrected chi connectivity index (χ4v) is 4.54. The van der Waals surface area contributed by atoms with Crippen molar-refractivity contribution >= 4 is 28.5 Å². The maximum atomic E-state index is 12.9. The van der Waals surface area contributed by atoms with Crippen LogP contribution in [0.1, 0.15) is 19.3 Å². The van der Waals surface area contributed by atoms with Gasteiger partial charge >= 0.3 is 5.69 Å². The van der Waals surface area contributed by atoms with E-state index in [9.17, 15) is 14.4 Å². The number of anilines is 1. The van der Waals surface area contributed by atoms with E-state index in [-0.39, 0.29) is 30.3 Å². The van der Waals surface area contributed by atoms with Gasteiger partial charge in [0.15, 0.2) is 0 Å². The number of piperazine rings is 1. The molecule has 3 fully saturated rings. The number of carbonyl (C=O) groups is 2. The van der Waals surface area contributed by atoms with Gasteiger partial charge in [-0.3, -0.25) is 19.1 Å². The van der Waals surface area contributed by atoms with Gasteiger partial charge in [-0.2, -0.15) is 9.69 Å². The number of fused-ring (bicyclic) bond motifs is 1. The molecule has 1 aromatic heterocycles. The molecule has 4 heterocycles. The number of imidazole rings is 1. The number of aryl methyl sites for hydroxylation is 1. The Morgan fingerprint density at radius 3 is 2.24 bits per heavy atom. The van der Waals surface area contributed by atoms with Crippen LogP contribution in [-0.4, -0.2) is 71.3 Å². The van der Waals surface area contributed by atoms with Crippen molar-refractivity contribution in [3.8, 4) is 0 Å². The number of hydrogen-bond donors (Lipinski definition) is 1. The highest BCUT2D eigenvalue weighted by molar-refractivity contribution is 6.11. The van der Waals surface area contributed by atoms with Crippen LogP contribution in [-0.2, 0) is 16.6 Å². The minimum Gasteiger partial charge on any atom is -0.369 e. The average Bonchev–Trinajstić information content (AvgIpc) is 2.92. The van der Waals surface area contributed by atoms with Crippen molar-refractivity contribution in [3.05, 3.63) is 28.7 Å². The molecule has 2 aromatic rings. The van der Waals surface area contributed by atoms with Crippen LogP contribution in [0.5, 0.6) is 0 Å². The summed E-state index contributed by atoms with van der Waals surface area (Å²) < 4.78 is 2.76. The van der Waals surface area contributed by atoms with E-state index in [2.05, 4.69) is 15.1 Å². The summed E-state index contributed by atoms with van der Waals surface area (Å²) in [6.45, 7) is 6.10. The summed E-state index contributed by atoms with van der Waals surface area (Å²) in [5.74, 6) is -0.636. The van der Waals surface area contributed by atoms with Crippen LogP contribution in [0.25, 0.3) is 11.0 Å². The molecule has 1 N–H and O–H groups in total. The summed E-state index contributed by atoms with van der Waals surface area (Å²) in [4.78, 5) is 42.5. The van der Waals surface area contributed by atoms with Crippen molar-refractivity contribution in [1.29, 1.82) is 0 Å². The number of rotatable bonds is 3. The Hall–Kier alpha value is -2.65. The zero-order valence-corrected chi connectivity index (χ0v) is 16.6. The molecular formula is C20H26N6O3. The van der Waals surface area contributed by atoms with E-state index in [0.29, 0.717) is 18.0 Å². The van der Waals surface area contributed by atoms with E-state index in [1.807, 2.05) is 18.2 Å². The van der Waals surface area contributed by atoms with Crippen LogP contribution in [0.3, 0.4) is 0 Å². The molecular weight excluding hydrogens is 372 g/mol. The number of piperidine rings is 1. The zero-order valence-electron chi connectivity index (χ0n) is 16.6. The van der Waals surface area contributed by atoms with E-state index in [1.54, 1.807) is 7.05 Å². The van der Waals surface area contributed by atoms with Crippen LogP contribution in [0.2, 0.25) is 0 Å². The highest BCUT2D eigenvalue weighted by atomic mass is 16.2. The minimum atomic E-state index is -0.372. The number of hydrogen-bond acceptors (Lipinski definition) is 6. The fourth-order valence-electron chi connectivity index (χ4n) is 4.54. The Bertz CT molecular complexity index is 1010. The molecule has 0 unspecified atom stereocenters. The molecule has 3 aliphatic rings. The monoisotopic (exact) mass is 398 g/mol. The Morgan fingerprint density at radius 2 is 1.62 bits per heavy atom. The van der Waals surface area contributed by atoms with E-state index < -0.39 is 0 Å². The average molecular weight is 398 g/mol. The van der Waals surface area contributed by atoms with Gasteiger partial charge in [0.05, 0.1) is 11.0 Å². The largest absolute Gasteiger partial charge is 0.369 e. The first-order valence-electron chi connectivity index (χ1n) is 10.3. The standard InChI is InChI=1S/C20H26N6O3/c1-22-17-11-14(23-7-9-24(10-8-23)15-12-21-13-15)5-6-16(17)25(20(22)29)26-18(27)3-2-4-19(26)28/h5-6,11,15,21H,2-4,7-10,12-13H2,1H3. The smallest absolute Gasteiger partial charge is 0.348 e. The first kappa shape index (κ1) is 18.4. The summed E-state index contributed by atoms with van der Waals surface area (Å²) >= 11 is 0. The van der Waals surface area contributed by atoms with Gasteiger partial charge in [-0.1, -0.05) is 0 Å². The number of aromatic nitrogens is 2. The number of benzene rings is 1. The molecule has 1 aromatic carbocycles. The highest BCUT2D eigenvalue weighted by Crippen LogP contribution is 2.24. The third kappa shape index (κ3) is 2.96. The summed E-state index contributed by atoms with van der Waals surface area (Å²) in [5.41, 5.74) is 2.00. The lowest BCUT2D eigenvalue weighted by Gasteiger charge is -2.43. The topological polar surface area (TPSA) is 82.8 Å². The molecule has 0 atom stereocenters. The number of imide groups is 1. The first-order chi connectivity index (χ1) is 14.0. The van der Waals surface area contributed by atoms with E-state index >= 15 is 0 Å². The zero-order chi connectivity index (χ0) is 20.1. The Balaban J connectivity index is 1.45. The predicted molar refractivity (Wildman–Crippen MR) is 110 cm³/mol. The molecule has 0 spiro atoms. The van der Waals surface area contributed by atoms with Crippen LogP contribution in [0.15, 0.2) is 23.0 Å². The van der Waals surface area contributed by atoms with Gasteiger partial charge < -0.3 is 10.2 Å². The van der Waals surface area contributed by atoms with Crippen LogP contribution in [0, 0.1) is 0 Å². The van der Waals surface area contributed by atoms with E-state index in [0.717, 1.165) is 55.5 Å². The van der Waals surface area contributed by atoms with Gasteiger partial charge in [0.1, 0.15) is 0 Å². The molecule has 0 radical (unpaired) electrons. The van der Waals surface area contributed by atoms with E-state index in [1.165, 1.54) is 9.24 Å². The van der Waals surface area contributed by atoms with Crippen molar-refractivity contribution in [1.82, 2.24) is 19.5 Å². The SMILES string of the molecule is Cn1c(=O)n(N2C(=O)CCCC2=O)c2ccc(N3CCN(C4CNC4)CC3)cc21. The molecule has 3 aliphatic heterocycles. The summed E-state index contributed by atoms with van der Waals surface area (Å²) in [5, 5.41) is 4.35. The third-order valence-electron chi connectivity index (χ3n) is 6.43. The number of amides is 2. The molecule has 9 nitrogen and oxygen atoms in total. The van der Waals surface area contributed by atoms with Crippen molar-refractivity contribution in [2.45, 2.75) is 25.3 Å². The molecule has 2 amide bonds. The molecule has 154 valence electrons. The molecule has 9 heteroatoms. The Morgan fingerprint density at radius 1 is 0.931 bits per heavy atom. The van der Waals surface area contributed by atoms with Crippen molar-refractivity contribution in [2.24, 2.45) is 7.05 Å². The second kappa shape index (κ2) is 7.00. The maximum Gasteiger partial charge on any atom is 0.348 e. The van der Waals surface area contributed by atoms with Gasteiger partial charge in [-0.25, -0.2) is 4.79 Å². The molecule has 3 saturated heterocycles. The normalized spacial score (nSPS) is 21.8. The fraction of sp³-hybridized carbons (Fsp3) is 0.550. The van der Waals surface area contributed by atoms with Gasteiger partial charge in [-0.05, 0) is 24.6 Å². The number of nitrogens with one attached hydrogen (secondary N) is 1. The highest BCUT2D eigenvalue weighted by Gasteiger charge is 2.32. The van der Waals surface area contributed by atoms with Gasteiger partial charge in [-0.15, -0.1) is 0 Å². The number of nitrogens with zero attached hydrogens (tertiary/aromatic N) is 5. The second-order valence-corrected chi connectivity index (χ2v) is 8.11. The molecule has 0 aliphatic carbocycles. The van der Waals surface area contributed by atoms with Crippen LogP contribution >= 0.6 is 0 Å². The van der Waals surface area contributed by atoms with Crippen LogP contribution in [0.4, 0.5) is 5.69 Å². The maximum absolute atomic E-state index is 12.9. The molecule has 0 saturated carbocycles. The predicted octanol–water partition coefficient (Wildman–Crippen LogP) is -0.391. The first-order valence-corrected chi connectivity index (χ1v) is 10.3. The lowest BCUT2D eigenvalue weighted by Crippen LogP contribution is -2.61. The second-order valence-electron chi connectivity index (χ2n) is 8.11. The lowest BCUT2D eigenvalue weighted by atomic mass is 10.1. The molecule has 0 bridgehead atoms. The summed E-state index contributed by atoms with van der Waals surface area (Å²) in [6.07, 6.45) is 1.11. The minimum absolute atomic E-state index is 0.285.